The van der Waals surface area contributed by atoms with E-state index in [1.54, 1.807) is 19.0 Å². The van der Waals surface area contributed by atoms with Crippen molar-refractivity contribution in [3.63, 3.8) is 0 Å². The first-order valence-electron chi connectivity index (χ1n) is 5.85. The fraction of sp³-hybridized carbons (Fsp3) is 0.385. The Morgan fingerprint density at radius 2 is 2.05 bits per heavy atom. The highest BCUT2D eigenvalue weighted by Gasteiger charge is 2.37. The van der Waals surface area contributed by atoms with Crippen molar-refractivity contribution in [1.29, 1.82) is 0 Å². The molecule has 1 amide bonds. The molecule has 0 fully saturated rings. The van der Waals surface area contributed by atoms with E-state index in [1.165, 1.54) is 4.90 Å². The molecule has 0 aliphatic carbocycles. The molecule has 19 heavy (non-hydrogen) atoms. The summed E-state index contributed by atoms with van der Waals surface area (Å²) in [6.07, 6.45) is -0.209. The zero-order valence-corrected chi connectivity index (χ0v) is 12.6. The number of carboxylic acids is 1. The summed E-state index contributed by atoms with van der Waals surface area (Å²) < 4.78 is 0.861. The van der Waals surface area contributed by atoms with E-state index in [4.69, 9.17) is 5.11 Å². The van der Waals surface area contributed by atoms with E-state index in [0.717, 1.165) is 21.4 Å². The third-order valence-electron chi connectivity index (χ3n) is 3.35. The summed E-state index contributed by atoms with van der Waals surface area (Å²) in [4.78, 5) is 26.4. The van der Waals surface area contributed by atoms with Crippen LogP contribution in [0.3, 0.4) is 0 Å². The molecule has 1 aromatic rings. The molecule has 1 atom stereocenters. The maximum atomic E-state index is 12.3. The van der Waals surface area contributed by atoms with Gasteiger partial charge >= 0.3 is 5.97 Å². The fourth-order valence-corrected chi connectivity index (χ4v) is 3.22. The van der Waals surface area contributed by atoms with Crippen LogP contribution in [-0.4, -0.2) is 37.1 Å². The third-order valence-corrected chi connectivity index (χ3v) is 3.96. The Bertz CT molecular complexity index is 559. The average Bonchev–Trinajstić information content (AvgIpc) is 2.30. The lowest BCUT2D eigenvalue weighted by atomic mass is 10.0. The number of nitrogens with zero attached hydrogens (tertiary/aromatic N) is 2. The summed E-state index contributed by atoms with van der Waals surface area (Å²) in [5.74, 6) is -1.18. The van der Waals surface area contributed by atoms with Crippen LogP contribution in [0.25, 0.3) is 0 Å². The Hall–Kier alpha value is -1.56. The molecule has 1 heterocycles. The lowest BCUT2D eigenvalue weighted by Crippen LogP contribution is -2.51. The number of likely N-dealkylation sites (N-methyl/N-ethyl adjacent to an activating group) is 2. The van der Waals surface area contributed by atoms with Crippen molar-refractivity contribution in [3.8, 4) is 0 Å². The van der Waals surface area contributed by atoms with E-state index in [1.807, 2.05) is 19.1 Å². The molecule has 102 valence electrons. The lowest BCUT2D eigenvalue weighted by molar-refractivity contribution is -0.139. The predicted molar refractivity (Wildman–Crippen MR) is 76.7 cm³/mol. The molecule has 0 spiro atoms. The van der Waals surface area contributed by atoms with Gasteiger partial charge in [-0.1, -0.05) is 0 Å². The molecule has 1 aliphatic heterocycles. The Kier molecular flexibility index (Phi) is 3.54. The van der Waals surface area contributed by atoms with Crippen LogP contribution in [0.1, 0.15) is 12.0 Å². The summed E-state index contributed by atoms with van der Waals surface area (Å²) in [5, 5.41) is 8.94. The van der Waals surface area contributed by atoms with Crippen LogP contribution in [0.2, 0.25) is 0 Å². The number of hydrogen-bond acceptors (Lipinski definition) is 3. The number of carbonyl (C=O) groups is 2. The third kappa shape index (κ3) is 2.32. The van der Waals surface area contributed by atoms with Gasteiger partial charge in [-0.05, 0) is 40.5 Å². The Morgan fingerprint density at radius 1 is 1.42 bits per heavy atom. The highest BCUT2D eigenvalue weighted by molar-refractivity contribution is 9.10. The summed E-state index contributed by atoms with van der Waals surface area (Å²) in [5.41, 5.74) is 2.68. The van der Waals surface area contributed by atoms with Gasteiger partial charge in [-0.15, -0.1) is 0 Å². The van der Waals surface area contributed by atoms with Crippen LogP contribution in [0.15, 0.2) is 16.6 Å². The van der Waals surface area contributed by atoms with Crippen molar-refractivity contribution in [2.24, 2.45) is 0 Å². The van der Waals surface area contributed by atoms with Crippen molar-refractivity contribution in [2.45, 2.75) is 19.4 Å². The summed E-state index contributed by atoms with van der Waals surface area (Å²) in [6, 6.07) is 3.21. The molecule has 1 aromatic carbocycles. The number of rotatable bonds is 2. The second kappa shape index (κ2) is 4.85. The number of anilines is 2. The minimum Gasteiger partial charge on any atom is -0.481 e. The minimum absolute atomic E-state index is 0.199. The standard InChI is InChI=1S/C13H15BrN2O3/c1-7-4-8(14)12-9(5-7)16(3)13(19)10(15(12)2)6-11(17)18/h4-5,10H,6H2,1-3H3,(H,17,18). The van der Waals surface area contributed by atoms with Crippen LogP contribution in [0, 0.1) is 6.92 Å². The molecule has 1 N–H and O–H groups in total. The molecule has 2 rings (SSSR count). The van der Waals surface area contributed by atoms with Crippen LogP contribution in [-0.2, 0) is 9.59 Å². The first-order chi connectivity index (χ1) is 8.82. The first kappa shape index (κ1) is 13.9. The van der Waals surface area contributed by atoms with Crippen molar-refractivity contribution < 1.29 is 14.7 Å². The number of carbonyl (C=O) groups excluding carboxylic acids is 1. The van der Waals surface area contributed by atoms with Gasteiger partial charge in [0.15, 0.2) is 0 Å². The predicted octanol–water partition coefficient (Wildman–Crippen LogP) is 2.01. The molecule has 0 saturated heterocycles. The smallest absolute Gasteiger partial charge is 0.305 e. The summed E-state index contributed by atoms with van der Waals surface area (Å²) >= 11 is 3.49. The van der Waals surface area contributed by atoms with Gasteiger partial charge in [0.05, 0.1) is 17.8 Å². The van der Waals surface area contributed by atoms with Gasteiger partial charge in [-0.25, -0.2) is 0 Å². The molecular formula is C13H15BrN2O3. The Morgan fingerprint density at radius 3 is 2.63 bits per heavy atom. The topological polar surface area (TPSA) is 60.9 Å². The highest BCUT2D eigenvalue weighted by Crippen LogP contribution is 2.41. The minimum atomic E-state index is -0.981. The first-order valence-corrected chi connectivity index (χ1v) is 6.64. The number of benzene rings is 1. The normalized spacial score (nSPS) is 18.5. The van der Waals surface area contributed by atoms with E-state index in [-0.39, 0.29) is 12.3 Å². The quantitative estimate of drug-likeness (QED) is 0.903. The number of amides is 1. The molecular weight excluding hydrogens is 312 g/mol. The van der Waals surface area contributed by atoms with Gasteiger partial charge in [0.1, 0.15) is 6.04 Å². The zero-order valence-electron chi connectivity index (χ0n) is 11.0. The van der Waals surface area contributed by atoms with Crippen molar-refractivity contribution in [3.05, 3.63) is 22.2 Å². The molecule has 6 heteroatoms. The van der Waals surface area contributed by atoms with Crippen LogP contribution in [0.4, 0.5) is 11.4 Å². The zero-order chi connectivity index (χ0) is 14.3. The largest absolute Gasteiger partial charge is 0.481 e. The molecule has 0 saturated carbocycles. The van der Waals surface area contributed by atoms with Crippen molar-refractivity contribution in [2.75, 3.05) is 23.9 Å². The van der Waals surface area contributed by atoms with Crippen LogP contribution < -0.4 is 9.80 Å². The molecule has 5 nitrogen and oxygen atoms in total. The second-order valence-electron chi connectivity index (χ2n) is 4.74. The van der Waals surface area contributed by atoms with Crippen molar-refractivity contribution in [1.82, 2.24) is 0 Å². The van der Waals surface area contributed by atoms with E-state index in [9.17, 15) is 9.59 Å². The van der Waals surface area contributed by atoms with Gasteiger partial charge in [0, 0.05) is 18.6 Å². The van der Waals surface area contributed by atoms with Gasteiger partial charge < -0.3 is 14.9 Å². The number of aliphatic carboxylic acids is 1. The van der Waals surface area contributed by atoms with E-state index in [0.29, 0.717) is 0 Å². The van der Waals surface area contributed by atoms with Gasteiger partial charge in [-0.2, -0.15) is 0 Å². The average molecular weight is 327 g/mol. The highest BCUT2D eigenvalue weighted by atomic mass is 79.9. The maximum Gasteiger partial charge on any atom is 0.305 e. The number of aryl methyl sites for hydroxylation is 1. The fourth-order valence-electron chi connectivity index (χ4n) is 2.37. The monoisotopic (exact) mass is 326 g/mol. The SMILES string of the molecule is Cc1cc(Br)c2c(c1)N(C)C(=O)C(CC(=O)O)N2C. The lowest BCUT2D eigenvalue weighted by Gasteiger charge is -2.39. The van der Waals surface area contributed by atoms with Gasteiger partial charge in [0.25, 0.3) is 0 Å². The van der Waals surface area contributed by atoms with Crippen molar-refractivity contribution >= 4 is 39.2 Å². The maximum absolute atomic E-state index is 12.3. The summed E-state index contributed by atoms with van der Waals surface area (Å²) in [6.45, 7) is 1.95. The Balaban J connectivity index is 2.55. The van der Waals surface area contributed by atoms with Crippen LogP contribution in [0.5, 0.6) is 0 Å². The molecule has 1 aliphatic rings. The molecule has 1 unspecified atom stereocenters. The van der Waals surface area contributed by atoms with E-state index >= 15 is 0 Å². The molecule has 0 radical (unpaired) electrons. The number of carboxylic acid groups (broad SMARTS) is 1. The number of fused-ring (bicyclic) bond motifs is 1. The summed E-state index contributed by atoms with van der Waals surface area (Å²) in [7, 11) is 3.42. The molecule has 0 bridgehead atoms. The Labute approximate surface area is 119 Å². The van der Waals surface area contributed by atoms with E-state index < -0.39 is 12.0 Å². The second-order valence-corrected chi connectivity index (χ2v) is 5.59. The molecule has 0 aromatic heterocycles. The van der Waals surface area contributed by atoms with Gasteiger partial charge in [0.2, 0.25) is 5.91 Å². The van der Waals surface area contributed by atoms with Crippen LogP contribution >= 0.6 is 15.9 Å². The van der Waals surface area contributed by atoms with E-state index in [2.05, 4.69) is 15.9 Å². The van der Waals surface area contributed by atoms with Gasteiger partial charge in [-0.3, -0.25) is 9.59 Å². The number of hydrogen-bond donors (Lipinski definition) is 1. The number of halogens is 1.